The average Bonchev–Trinajstić information content (AvgIpc) is 3.29. The summed E-state index contributed by atoms with van der Waals surface area (Å²) in [6.07, 6.45) is 0.0825. The molecule has 0 aromatic heterocycles. The van der Waals surface area contributed by atoms with Crippen LogP contribution in [0, 0.1) is 11.8 Å². The fraction of sp³-hybridized carbons (Fsp3) is 0.429. The Balaban J connectivity index is 1.54. The maximum atomic E-state index is 6.17. The predicted molar refractivity (Wildman–Crippen MR) is 96.9 cm³/mol. The molecule has 0 N–H and O–H groups in total. The number of hydrogen-bond acceptors (Lipinski definition) is 5. The summed E-state index contributed by atoms with van der Waals surface area (Å²) in [4.78, 5) is 0. The minimum absolute atomic E-state index is 0.0167. The lowest BCUT2D eigenvalue weighted by atomic mass is 9.85. The molecule has 0 spiro atoms. The molecule has 0 unspecified atom stereocenters. The zero-order valence-electron chi connectivity index (χ0n) is 15.3. The van der Waals surface area contributed by atoms with Crippen molar-refractivity contribution in [2.24, 2.45) is 11.8 Å². The second kappa shape index (κ2) is 7.17. The van der Waals surface area contributed by atoms with E-state index >= 15 is 0 Å². The van der Waals surface area contributed by atoms with Gasteiger partial charge < -0.3 is 23.7 Å². The van der Waals surface area contributed by atoms with Crippen LogP contribution in [-0.4, -0.2) is 34.5 Å². The number of methoxy groups -OCH3 is 3. The number of benzene rings is 2. The van der Waals surface area contributed by atoms with E-state index in [1.165, 1.54) is 5.56 Å². The van der Waals surface area contributed by atoms with Gasteiger partial charge in [-0.3, -0.25) is 0 Å². The van der Waals surface area contributed by atoms with E-state index in [1.54, 1.807) is 21.3 Å². The Morgan fingerprint density at radius 1 is 0.692 bits per heavy atom. The number of fused-ring (bicyclic) bond motifs is 1. The second-order valence-corrected chi connectivity index (χ2v) is 6.72. The Kier molecular flexibility index (Phi) is 4.74. The van der Waals surface area contributed by atoms with E-state index in [9.17, 15) is 0 Å². The zero-order chi connectivity index (χ0) is 18.1. The minimum Gasteiger partial charge on any atom is -0.497 e. The van der Waals surface area contributed by atoms with Gasteiger partial charge in [-0.05, 0) is 35.4 Å². The monoisotopic (exact) mass is 356 g/mol. The Bertz CT molecular complexity index is 757. The first-order chi connectivity index (χ1) is 12.7. The molecule has 2 fully saturated rings. The highest BCUT2D eigenvalue weighted by atomic mass is 16.5. The molecule has 2 aromatic rings. The molecule has 2 saturated heterocycles. The molecule has 0 amide bonds. The maximum Gasteiger partial charge on any atom is 0.161 e. The van der Waals surface area contributed by atoms with E-state index < -0.39 is 0 Å². The van der Waals surface area contributed by atoms with Crippen molar-refractivity contribution in [1.82, 2.24) is 0 Å². The predicted octanol–water partition coefficient (Wildman–Crippen LogP) is 3.79. The molecule has 26 heavy (non-hydrogen) atoms. The van der Waals surface area contributed by atoms with Gasteiger partial charge >= 0.3 is 0 Å². The van der Waals surface area contributed by atoms with Crippen molar-refractivity contribution in [2.75, 3.05) is 34.5 Å². The van der Waals surface area contributed by atoms with E-state index in [0.717, 1.165) is 22.8 Å². The van der Waals surface area contributed by atoms with Crippen molar-refractivity contribution >= 4 is 0 Å². The molecule has 4 atom stereocenters. The standard InChI is InChI=1S/C21H24O5/c1-22-15-7-4-13(5-8-15)20-16-11-26-21(17(16)12-25-20)14-6-9-18(23-2)19(10-14)24-3/h4-10,16-17,20-21H,11-12H2,1-3H3/t16-,17-,20+,21+/m0/s1. The largest absolute Gasteiger partial charge is 0.497 e. The fourth-order valence-electron chi connectivity index (χ4n) is 4.06. The molecule has 2 aromatic carbocycles. The summed E-state index contributed by atoms with van der Waals surface area (Å²) in [5.41, 5.74) is 2.28. The quantitative estimate of drug-likeness (QED) is 0.816. The summed E-state index contributed by atoms with van der Waals surface area (Å²) >= 11 is 0. The zero-order valence-corrected chi connectivity index (χ0v) is 15.3. The van der Waals surface area contributed by atoms with Crippen LogP contribution in [0.4, 0.5) is 0 Å². The summed E-state index contributed by atoms with van der Waals surface area (Å²) in [6.45, 7) is 1.39. The van der Waals surface area contributed by atoms with Crippen LogP contribution in [0.1, 0.15) is 23.3 Å². The maximum absolute atomic E-state index is 6.17. The van der Waals surface area contributed by atoms with Gasteiger partial charge in [0.25, 0.3) is 0 Å². The van der Waals surface area contributed by atoms with E-state index in [0.29, 0.717) is 25.0 Å². The van der Waals surface area contributed by atoms with Crippen LogP contribution in [0.3, 0.4) is 0 Å². The normalized spacial score (nSPS) is 27.2. The summed E-state index contributed by atoms with van der Waals surface area (Å²) < 4.78 is 28.3. The van der Waals surface area contributed by atoms with Gasteiger partial charge in [0.15, 0.2) is 11.5 Å². The molecule has 138 valence electrons. The Morgan fingerprint density at radius 2 is 1.27 bits per heavy atom. The Labute approximate surface area is 153 Å². The SMILES string of the molecule is COc1ccc([C@H]2OC[C@H]3[C@@H]2CO[C@@H]3c2ccc(OC)c(OC)c2)cc1. The smallest absolute Gasteiger partial charge is 0.161 e. The van der Waals surface area contributed by atoms with Crippen LogP contribution in [0.25, 0.3) is 0 Å². The number of ether oxygens (including phenoxy) is 5. The third-order valence-corrected chi connectivity index (χ3v) is 5.44. The lowest BCUT2D eigenvalue weighted by Crippen LogP contribution is -2.14. The van der Waals surface area contributed by atoms with Gasteiger partial charge in [-0.2, -0.15) is 0 Å². The van der Waals surface area contributed by atoms with Crippen molar-refractivity contribution in [1.29, 1.82) is 0 Å². The average molecular weight is 356 g/mol. The Morgan fingerprint density at radius 3 is 1.85 bits per heavy atom. The van der Waals surface area contributed by atoms with Gasteiger partial charge in [-0.1, -0.05) is 18.2 Å². The van der Waals surface area contributed by atoms with Crippen molar-refractivity contribution < 1.29 is 23.7 Å². The van der Waals surface area contributed by atoms with Crippen molar-refractivity contribution in [2.45, 2.75) is 12.2 Å². The van der Waals surface area contributed by atoms with Crippen molar-refractivity contribution in [3.63, 3.8) is 0 Å². The number of hydrogen-bond donors (Lipinski definition) is 0. The van der Waals surface area contributed by atoms with Gasteiger partial charge in [0, 0.05) is 11.8 Å². The molecule has 2 aliphatic heterocycles. The molecular formula is C21H24O5. The van der Waals surface area contributed by atoms with Gasteiger partial charge in [0.2, 0.25) is 0 Å². The van der Waals surface area contributed by atoms with Crippen LogP contribution in [0.15, 0.2) is 42.5 Å². The van der Waals surface area contributed by atoms with Gasteiger partial charge in [0.1, 0.15) is 5.75 Å². The van der Waals surface area contributed by atoms with Crippen LogP contribution < -0.4 is 14.2 Å². The molecule has 2 heterocycles. The highest BCUT2D eigenvalue weighted by molar-refractivity contribution is 5.44. The first-order valence-electron chi connectivity index (χ1n) is 8.84. The van der Waals surface area contributed by atoms with E-state index in [2.05, 4.69) is 18.2 Å². The highest BCUT2D eigenvalue weighted by Crippen LogP contribution is 2.50. The number of rotatable bonds is 5. The minimum atomic E-state index is 0.0167. The molecule has 4 rings (SSSR count). The topological polar surface area (TPSA) is 46.2 Å². The van der Waals surface area contributed by atoms with Crippen LogP contribution >= 0.6 is 0 Å². The summed E-state index contributed by atoms with van der Waals surface area (Å²) in [5, 5.41) is 0. The molecule has 0 aliphatic carbocycles. The fourth-order valence-corrected chi connectivity index (χ4v) is 4.06. The van der Waals surface area contributed by atoms with E-state index in [-0.39, 0.29) is 12.2 Å². The van der Waals surface area contributed by atoms with Crippen molar-refractivity contribution in [3.8, 4) is 17.2 Å². The third-order valence-electron chi connectivity index (χ3n) is 5.44. The lowest BCUT2D eigenvalue weighted by molar-refractivity contribution is 0.0192. The summed E-state index contributed by atoms with van der Waals surface area (Å²) in [6, 6.07) is 14.1. The summed E-state index contributed by atoms with van der Waals surface area (Å²) in [7, 11) is 4.97. The third kappa shape index (κ3) is 2.91. The van der Waals surface area contributed by atoms with Crippen LogP contribution in [0.2, 0.25) is 0 Å². The lowest BCUT2D eigenvalue weighted by Gasteiger charge is -2.18. The van der Waals surface area contributed by atoms with Gasteiger partial charge in [0.05, 0.1) is 46.8 Å². The highest BCUT2D eigenvalue weighted by Gasteiger charge is 2.48. The van der Waals surface area contributed by atoms with E-state index in [4.69, 9.17) is 23.7 Å². The molecule has 5 nitrogen and oxygen atoms in total. The molecule has 2 aliphatic rings. The van der Waals surface area contributed by atoms with Gasteiger partial charge in [-0.15, -0.1) is 0 Å². The Hall–Kier alpha value is -2.24. The first kappa shape index (κ1) is 17.2. The molecule has 0 saturated carbocycles. The molecule has 0 radical (unpaired) electrons. The van der Waals surface area contributed by atoms with Crippen molar-refractivity contribution in [3.05, 3.63) is 53.6 Å². The summed E-state index contributed by atoms with van der Waals surface area (Å²) in [5.74, 6) is 2.99. The van der Waals surface area contributed by atoms with Gasteiger partial charge in [-0.25, -0.2) is 0 Å². The van der Waals surface area contributed by atoms with Crippen LogP contribution in [0.5, 0.6) is 17.2 Å². The first-order valence-corrected chi connectivity index (χ1v) is 8.84. The molecule has 0 bridgehead atoms. The molecule has 5 heteroatoms. The van der Waals surface area contributed by atoms with Crippen LogP contribution in [-0.2, 0) is 9.47 Å². The molecular weight excluding hydrogens is 332 g/mol. The van der Waals surface area contributed by atoms with E-state index in [1.807, 2.05) is 24.3 Å². The second-order valence-electron chi connectivity index (χ2n) is 6.72.